The van der Waals surface area contributed by atoms with Crippen molar-refractivity contribution < 1.29 is 19.1 Å². The Hall–Kier alpha value is -3.20. The number of amides is 2. The molecule has 0 aliphatic carbocycles. The third kappa shape index (κ3) is 7.15. The number of carbonyl (C=O) groups excluding carboxylic acids is 3. The Morgan fingerprint density at radius 2 is 1.68 bits per heavy atom. The Balaban J connectivity index is 1.59. The van der Waals surface area contributed by atoms with E-state index in [1.54, 1.807) is 30.3 Å². The van der Waals surface area contributed by atoms with Crippen molar-refractivity contribution >= 4 is 63.1 Å². The van der Waals surface area contributed by atoms with Crippen LogP contribution in [0.3, 0.4) is 0 Å². The number of hydrazone groups is 1. The second-order valence-corrected chi connectivity index (χ2v) is 8.77. The van der Waals surface area contributed by atoms with Gasteiger partial charge in [-0.05, 0) is 55.5 Å². The maximum absolute atomic E-state index is 12.4. The summed E-state index contributed by atoms with van der Waals surface area (Å²) in [6.45, 7) is 1.61. The van der Waals surface area contributed by atoms with Gasteiger partial charge in [-0.1, -0.05) is 56.8 Å². The molecule has 7 nitrogen and oxygen atoms in total. The first-order chi connectivity index (χ1) is 16.2. The minimum absolute atomic E-state index is 0.233. The number of aryl methyl sites for hydroxylation is 1. The molecule has 0 fully saturated rings. The van der Waals surface area contributed by atoms with E-state index in [0.29, 0.717) is 16.1 Å². The molecule has 0 spiro atoms. The van der Waals surface area contributed by atoms with E-state index >= 15 is 0 Å². The number of nitrogens with zero attached hydrogens (tertiary/aromatic N) is 1. The van der Waals surface area contributed by atoms with Crippen molar-refractivity contribution in [2.24, 2.45) is 5.10 Å². The van der Waals surface area contributed by atoms with Gasteiger partial charge in [-0.25, -0.2) is 10.2 Å². The third-order valence-electron chi connectivity index (χ3n) is 4.45. The lowest BCUT2D eigenvalue weighted by atomic mass is 10.1. The number of hydrogen-bond acceptors (Lipinski definition) is 5. The molecule has 0 aliphatic heterocycles. The monoisotopic (exact) mass is 561 g/mol. The summed E-state index contributed by atoms with van der Waals surface area (Å²) in [7, 11) is 0. The van der Waals surface area contributed by atoms with Crippen LogP contribution in [0.15, 0.2) is 70.2 Å². The molecular weight excluding hydrogens is 545 g/mol. The predicted molar refractivity (Wildman–Crippen MR) is 135 cm³/mol. The molecule has 2 amide bonds. The van der Waals surface area contributed by atoms with Crippen LogP contribution in [0.2, 0.25) is 10.0 Å². The molecule has 3 aromatic rings. The van der Waals surface area contributed by atoms with Crippen LogP contribution >= 0.6 is 39.1 Å². The summed E-state index contributed by atoms with van der Waals surface area (Å²) in [5.74, 6) is -1.31. The summed E-state index contributed by atoms with van der Waals surface area (Å²) >= 11 is 15.1. The molecule has 0 bridgehead atoms. The van der Waals surface area contributed by atoms with Crippen LogP contribution in [0, 0.1) is 6.92 Å². The first-order valence-corrected chi connectivity index (χ1v) is 11.4. The Morgan fingerprint density at radius 1 is 0.971 bits per heavy atom. The van der Waals surface area contributed by atoms with Crippen LogP contribution < -0.4 is 15.5 Å². The molecule has 10 heteroatoms. The highest BCUT2D eigenvalue weighted by Gasteiger charge is 2.12. The fourth-order valence-corrected chi connectivity index (χ4v) is 3.35. The maximum Gasteiger partial charge on any atom is 0.343 e. The number of nitrogens with one attached hydrogen (secondary N) is 2. The van der Waals surface area contributed by atoms with Crippen LogP contribution in [-0.4, -0.2) is 30.5 Å². The Morgan fingerprint density at radius 3 is 2.38 bits per heavy atom. The minimum Gasteiger partial charge on any atom is -0.422 e. The van der Waals surface area contributed by atoms with E-state index < -0.39 is 17.8 Å². The molecular formula is C24H18BrCl2N3O4. The molecule has 0 saturated heterocycles. The van der Waals surface area contributed by atoms with E-state index in [4.69, 9.17) is 27.9 Å². The number of hydrogen-bond donors (Lipinski definition) is 2. The van der Waals surface area contributed by atoms with E-state index in [9.17, 15) is 14.4 Å². The SMILES string of the molecule is Cc1ccc(C(=O)Oc2ccc(Br)cc2/C=N/NC(=O)CNC(=O)c2ccc(Cl)c(Cl)c2)cc1. The van der Waals surface area contributed by atoms with Gasteiger partial charge in [0.25, 0.3) is 11.8 Å². The van der Waals surface area contributed by atoms with E-state index in [0.717, 1.165) is 10.0 Å². The largest absolute Gasteiger partial charge is 0.422 e. The third-order valence-corrected chi connectivity index (χ3v) is 5.68. The minimum atomic E-state index is -0.558. The quantitative estimate of drug-likeness (QED) is 0.180. The van der Waals surface area contributed by atoms with Crippen LogP contribution in [0.25, 0.3) is 0 Å². The number of rotatable bonds is 7. The molecule has 0 saturated carbocycles. The maximum atomic E-state index is 12.4. The van der Waals surface area contributed by atoms with Gasteiger partial charge in [-0.3, -0.25) is 9.59 Å². The first kappa shape index (κ1) is 25.4. The van der Waals surface area contributed by atoms with Crippen molar-refractivity contribution in [1.29, 1.82) is 0 Å². The fourth-order valence-electron chi connectivity index (χ4n) is 2.67. The van der Waals surface area contributed by atoms with Gasteiger partial charge in [-0.15, -0.1) is 0 Å². The summed E-state index contributed by atoms with van der Waals surface area (Å²) < 4.78 is 6.22. The zero-order valence-electron chi connectivity index (χ0n) is 17.8. The van der Waals surface area contributed by atoms with Crippen LogP contribution in [-0.2, 0) is 4.79 Å². The van der Waals surface area contributed by atoms with Gasteiger partial charge < -0.3 is 10.1 Å². The smallest absolute Gasteiger partial charge is 0.343 e. The van der Waals surface area contributed by atoms with Gasteiger partial charge in [0, 0.05) is 15.6 Å². The zero-order chi connectivity index (χ0) is 24.7. The average molecular weight is 563 g/mol. The number of benzene rings is 3. The van der Waals surface area contributed by atoms with Gasteiger partial charge in [-0.2, -0.15) is 5.10 Å². The van der Waals surface area contributed by atoms with Gasteiger partial charge in [0.15, 0.2) is 0 Å². The van der Waals surface area contributed by atoms with Crippen molar-refractivity contribution in [1.82, 2.24) is 10.7 Å². The van der Waals surface area contributed by atoms with E-state index in [-0.39, 0.29) is 22.9 Å². The number of halogens is 3. The highest BCUT2D eigenvalue weighted by Crippen LogP contribution is 2.23. The zero-order valence-corrected chi connectivity index (χ0v) is 20.9. The molecule has 0 radical (unpaired) electrons. The van der Waals surface area contributed by atoms with Crippen LogP contribution in [0.1, 0.15) is 31.8 Å². The highest BCUT2D eigenvalue weighted by atomic mass is 79.9. The van der Waals surface area contributed by atoms with E-state index in [2.05, 4.69) is 31.8 Å². The van der Waals surface area contributed by atoms with Crippen molar-refractivity contribution in [3.05, 3.63) is 97.4 Å². The van der Waals surface area contributed by atoms with Gasteiger partial charge in [0.05, 0.1) is 28.4 Å². The van der Waals surface area contributed by atoms with Gasteiger partial charge in [0.2, 0.25) is 0 Å². The molecule has 0 atom stereocenters. The van der Waals surface area contributed by atoms with Crippen LogP contribution in [0.4, 0.5) is 0 Å². The summed E-state index contributed by atoms with van der Waals surface area (Å²) in [5, 5.41) is 6.90. The highest BCUT2D eigenvalue weighted by molar-refractivity contribution is 9.10. The second kappa shape index (κ2) is 11.8. The standard InChI is InChI=1S/C24H18BrCl2N3O4/c1-14-2-4-15(5-3-14)24(33)34-21-9-7-18(25)10-17(21)12-29-30-22(31)13-28-23(32)16-6-8-19(26)20(27)11-16/h2-12H,13H2,1H3,(H,28,32)(H,30,31)/b29-12+. The van der Waals surface area contributed by atoms with Gasteiger partial charge >= 0.3 is 5.97 Å². The predicted octanol–water partition coefficient (Wildman–Crippen LogP) is 5.16. The summed E-state index contributed by atoms with van der Waals surface area (Å²) in [6, 6.07) is 16.4. The molecule has 0 aliphatic rings. The molecule has 2 N–H and O–H groups in total. The van der Waals surface area contributed by atoms with Crippen molar-refractivity contribution in [3.63, 3.8) is 0 Å². The lowest BCUT2D eigenvalue weighted by Crippen LogP contribution is -2.34. The van der Waals surface area contributed by atoms with Crippen LogP contribution in [0.5, 0.6) is 5.75 Å². The summed E-state index contributed by atoms with van der Waals surface area (Å²) in [6.07, 6.45) is 1.33. The molecule has 3 aromatic carbocycles. The van der Waals surface area contributed by atoms with Crippen molar-refractivity contribution in [3.8, 4) is 5.75 Å². The number of ether oxygens (including phenoxy) is 1. The van der Waals surface area contributed by atoms with E-state index in [1.807, 2.05) is 19.1 Å². The molecule has 174 valence electrons. The Labute approximate surface area is 214 Å². The molecule has 0 unspecified atom stereocenters. The normalized spacial score (nSPS) is 10.7. The first-order valence-electron chi connectivity index (χ1n) is 9.86. The molecule has 0 aromatic heterocycles. The number of carbonyl (C=O) groups is 3. The molecule has 0 heterocycles. The lowest BCUT2D eigenvalue weighted by molar-refractivity contribution is -0.120. The summed E-state index contributed by atoms with van der Waals surface area (Å²) in [4.78, 5) is 36.6. The topological polar surface area (TPSA) is 96.9 Å². The Bertz CT molecular complexity index is 1260. The average Bonchev–Trinajstić information content (AvgIpc) is 2.81. The van der Waals surface area contributed by atoms with Crippen molar-refractivity contribution in [2.75, 3.05) is 6.54 Å². The molecule has 3 rings (SSSR count). The molecule has 34 heavy (non-hydrogen) atoms. The van der Waals surface area contributed by atoms with Gasteiger partial charge in [0.1, 0.15) is 5.75 Å². The van der Waals surface area contributed by atoms with E-state index in [1.165, 1.54) is 24.4 Å². The fraction of sp³-hybridized carbons (Fsp3) is 0.0833. The lowest BCUT2D eigenvalue weighted by Gasteiger charge is -2.08. The second-order valence-electron chi connectivity index (χ2n) is 7.04. The van der Waals surface area contributed by atoms with Crippen molar-refractivity contribution in [2.45, 2.75) is 6.92 Å². The summed E-state index contributed by atoms with van der Waals surface area (Å²) in [5.41, 5.74) is 4.46. The number of esters is 1. The Kier molecular flexibility index (Phi) is 8.81.